The molecule has 0 N–H and O–H groups in total. The first-order valence-electron chi connectivity index (χ1n) is 9.07. The fraction of sp³-hybridized carbons (Fsp3) is 0.300. The number of nitrogens with zero attached hydrogens (tertiary/aromatic N) is 6. The Morgan fingerprint density at radius 2 is 1.63 bits per heavy atom. The van der Waals surface area contributed by atoms with E-state index < -0.39 is 0 Å². The first-order valence-corrected chi connectivity index (χ1v) is 9.07. The summed E-state index contributed by atoms with van der Waals surface area (Å²) in [6.07, 6.45) is 3.48. The van der Waals surface area contributed by atoms with E-state index in [9.17, 15) is 4.79 Å². The van der Waals surface area contributed by atoms with E-state index in [0.717, 1.165) is 36.1 Å². The Balaban J connectivity index is 1.42. The highest BCUT2D eigenvalue weighted by Gasteiger charge is 2.23. The van der Waals surface area contributed by atoms with Crippen molar-refractivity contribution in [1.29, 1.82) is 0 Å². The molecule has 1 saturated heterocycles. The van der Waals surface area contributed by atoms with E-state index in [1.54, 1.807) is 18.5 Å². The molecule has 0 atom stereocenters. The Morgan fingerprint density at radius 3 is 2.22 bits per heavy atom. The van der Waals surface area contributed by atoms with Crippen molar-refractivity contribution in [2.45, 2.75) is 13.8 Å². The molecule has 0 radical (unpaired) electrons. The van der Waals surface area contributed by atoms with Crippen LogP contribution >= 0.6 is 0 Å². The third kappa shape index (κ3) is 3.53. The van der Waals surface area contributed by atoms with E-state index in [4.69, 9.17) is 0 Å². The lowest BCUT2D eigenvalue weighted by molar-refractivity contribution is 0.0746. The zero-order valence-electron chi connectivity index (χ0n) is 15.5. The van der Waals surface area contributed by atoms with Gasteiger partial charge in [-0.05, 0) is 50.2 Å². The maximum atomic E-state index is 12.8. The number of piperazine rings is 1. The first-order chi connectivity index (χ1) is 13.1. The highest BCUT2D eigenvalue weighted by Crippen LogP contribution is 2.16. The van der Waals surface area contributed by atoms with E-state index in [0.29, 0.717) is 18.7 Å². The summed E-state index contributed by atoms with van der Waals surface area (Å²) in [5.74, 6) is 0.780. The summed E-state index contributed by atoms with van der Waals surface area (Å²) in [5, 5.41) is 4.49. The molecule has 3 aromatic rings. The predicted octanol–water partition coefficient (Wildman–Crippen LogP) is 2.24. The molecule has 27 heavy (non-hydrogen) atoms. The maximum absolute atomic E-state index is 12.8. The van der Waals surface area contributed by atoms with Crippen LogP contribution in [0, 0.1) is 13.8 Å². The third-order valence-electron chi connectivity index (χ3n) is 4.77. The van der Waals surface area contributed by atoms with Crippen molar-refractivity contribution < 1.29 is 4.79 Å². The van der Waals surface area contributed by atoms with Gasteiger partial charge in [0.2, 0.25) is 5.95 Å². The topological polar surface area (TPSA) is 67.2 Å². The van der Waals surface area contributed by atoms with Crippen molar-refractivity contribution in [3.63, 3.8) is 0 Å². The van der Waals surface area contributed by atoms with E-state index >= 15 is 0 Å². The summed E-state index contributed by atoms with van der Waals surface area (Å²) in [5.41, 5.74) is 3.71. The molecule has 0 aliphatic carbocycles. The van der Waals surface area contributed by atoms with E-state index in [-0.39, 0.29) is 5.91 Å². The number of hydrogen-bond donors (Lipinski definition) is 0. The van der Waals surface area contributed by atoms with Crippen LogP contribution in [-0.4, -0.2) is 56.7 Å². The largest absolute Gasteiger partial charge is 0.337 e. The Hall–Kier alpha value is -3.22. The van der Waals surface area contributed by atoms with Crippen LogP contribution in [0.3, 0.4) is 0 Å². The van der Waals surface area contributed by atoms with Gasteiger partial charge in [0, 0.05) is 49.8 Å². The number of aryl methyl sites for hydroxylation is 2. The lowest BCUT2D eigenvalue weighted by Gasteiger charge is -2.34. The molecule has 1 aliphatic rings. The van der Waals surface area contributed by atoms with Crippen LogP contribution in [0.25, 0.3) is 5.69 Å². The third-order valence-corrected chi connectivity index (χ3v) is 4.77. The van der Waals surface area contributed by atoms with Crippen molar-refractivity contribution in [2.75, 3.05) is 31.1 Å². The molecule has 4 rings (SSSR count). The van der Waals surface area contributed by atoms with Gasteiger partial charge in [0.25, 0.3) is 5.91 Å². The minimum absolute atomic E-state index is 0.0588. The normalized spacial score (nSPS) is 14.4. The van der Waals surface area contributed by atoms with Crippen LogP contribution in [0.4, 0.5) is 5.95 Å². The van der Waals surface area contributed by atoms with Gasteiger partial charge < -0.3 is 9.80 Å². The number of hydrogen-bond acceptors (Lipinski definition) is 5. The molecule has 7 nitrogen and oxygen atoms in total. The number of aromatic nitrogens is 4. The molecule has 3 heterocycles. The van der Waals surface area contributed by atoms with Gasteiger partial charge in [-0.1, -0.05) is 0 Å². The van der Waals surface area contributed by atoms with Crippen molar-refractivity contribution in [1.82, 2.24) is 24.6 Å². The van der Waals surface area contributed by atoms with Gasteiger partial charge in [-0.3, -0.25) is 4.79 Å². The second-order valence-electron chi connectivity index (χ2n) is 6.71. The summed E-state index contributed by atoms with van der Waals surface area (Å²) in [4.78, 5) is 25.4. The molecule has 138 valence electrons. The summed E-state index contributed by atoms with van der Waals surface area (Å²) in [6.45, 7) is 6.79. The maximum Gasteiger partial charge on any atom is 0.253 e. The Morgan fingerprint density at radius 1 is 0.963 bits per heavy atom. The second-order valence-corrected chi connectivity index (χ2v) is 6.71. The quantitative estimate of drug-likeness (QED) is 0.715. The average molecular weight is 362 g/mol. The van der Waals surface area contributed by atoms with E-state index in [2.05, 4.69) is 20.0 Å². The fourth-order valence-electron chi connectivity index (χ4n) is 3.38. The van der Waals surface area contributed by atoms with Crippen LogP contribution < -0.4 is 4.90 Å². The summed E-state index contributed by atoms with van der Waals surface area (Å²) < 4.78 is 1.89. The summed E-state index contributed by atoms with van der Waals surface area (Å²) >= 11 is 0. The molecule has 1 aliphatic heterocycles. The van der Waals surface area contributed by atoms with E-state index in [1.165, 1.54) is 0 Å². The standard InChI is InChI=1S/C20H22N6O/c1-15-14-16(2)26(23-15)18-6-4-17(5-7-18)19(27)24-10-12-25(13-11-24)20-21-8-3-9-22-20/h3-9,14H,10-13H2,1-2H3. The molecular formula is C20H22N6O. The van der Waals surface area contributed by atoms with Crippen molar-refractivity contribution in [2.24, 2.45) is 0 Å². The second kappa shape index (κ2) is 7.19. The molecule has 1 aromatic carbocycles. The van der Waals surface area contributed by atoms with Gasteiger partial charge in [0.1, 0.15) is 0 Å². The Bertz CT molecular complexity index is 927. The highest BCUT2D eigenvalue weighted by atomic mass is 16.2. The van der Waals surface area contributed by atoms with Gasteiger partial charge in [0.05, 0.1) is 11.4 Å². The fourth-order valence-corrected chi connectivity index (χ4v) is 3.38. The van der Waals surface area contributed by atoms with Crippen molar-refractivity contribution >= 4 is 11.9 Å². The number of carbonyl (C=O) groups excluding carboxylic acids is 1. The Labute approximate surface area is 158 Å². The molecule has 0 saturated carbocycles. The van der Waals surface area contributed by atoms with Crippen molar-refractivity contribution in [3.8, 4) is 5.69 Å². The van der Waals surface area contributed by atoms with Crippen LogP contribution in [0.15, 0.2) is 48.8 Å². The Kier molecular flexibility index (Phi) is 4.58. The molecule has 0 unspecified atom stereocenters. The number of amides is 1. The summed E-state index contributed by atoms with van der Waals surface area (Å²) in [6, 6.07) is 11.5. The van der Waals surface area contributed by atoms with Crippen molar-refractivity contribution in [3.05, 3.63) is 65.7 Å². The number of carbonyl (C=O) groups is 1. The lowest BCUT2D eigenvalue weighted by Crippen LogP contribution is -2.49. The van der Waals surface area contributed by atoms with Crippen LogP contribution in [0.1, 0.15) is 21.7 Å². The minimum Gasteiger partial charge on any atom is -0.337 e. The average Bonchev–Trinajstić information content (AvgIpc) is 3.06. The lowest BCUT2D eigenvalue weighted by atomic mass is 10.1. The monoisotopic (exact) mass is 362 g/mol. The highest BCUT2D eigenvalue weighted by molar-refractivity contribution is 5.94. The number of rotatable bonds is 3. The zero-order valence-corrected chi connectivity index (χ0v) is 15.5. The first kappa shape index (κ1) is 17.2. The van der Waals surface area contributed by atoms with Gasteiger partial charge >= 0.3 is 0 Å². The summed E-state index contributed by atoms with van der Waals surface area (Å²) in [7, 11) is 0. The molecule has 0 spiro atoms. The molecular weight excluding hydrogens is 340 g/mol. The minimum atomic E-state index is 0.0588. The molecule has 1 fully saturated rings. The van der Waals surface area contributed by atoms with Gasteiger partial charge in [-0.25, -0.2) is 14.6 Å². The van der Waals surface area contributed by atoms with Crippen LogP contribution in [0.5, 0.6) is 0 Å². The van der Waals surface area contributed by atoms with Crippen LogP contribution in [0.2, 0.25) is 0 Å². The molecule has 1 amide bonds. The zero-order chi connectivity index (χ0) is 18.8. The van der Waals surface area contributed by atoms with Crippen LogP contribution in [-0.2, 0) is 0 Å². The van der Waals surface area contributed by atoms with E-state index in [1.807, 2.05) is 53.8 Å². The number of benzene rings is 1. The van der Waals surface area contributed by atoms with Gasteiger partial charge in [0.15, 0.2) is 0 Å². The smallest absolute Gasteiger partial charge is 0.253 e. The van der Waals surface area contributed by atoms with Gasteiger partial charge in [-0.2, -0.15) is 5.10 Å². The number of anilines is 1. The predicted molar refractivity (Wildman–Crippen MR) is 103 cm³/mol. The molecule has 0 bridgehead atoms. The van der Waals surface area contributed by atoms with Gasteiger partial charge in [-0.15, -0.1) is 0 Å². The molecule has 2 aromatic heterocycles. The SMILES string of the molecule is Cc1cc(C)n(-c2ccc(C(=O)N3CCN(c4ncccn4)CC3)cc2)n1. The molecule has 7 heteroatoms.